The fraction of sp³-hybridized carbons (Fsp3) is 0.0323. The molecule has 0 aliphatic rings. The van der Waals surface area contributed by atoms with Crippen LogP contribution < -0.4 is 15.0 Å². The van der Waals surface area contributed by atoms with Gasteiger partial charge in [0.2, 0.25) is 5.88 Å². The molecule has 2 heterocycles. The largest absolute Gasteiger partial charge is 0.497 e. The summed E-state index contributed by atoms with van der Waals surface area (Å²) in [5, 5.41) is 4.82. The summed E-state index contributed by atoms with van der Waals surface area (Å²) in [7, 11) is 1.61. The number of fused-ring (bicyclic) bond motifs is 1. The minimum atomic E-state index is -0.288. The Morgan fingerprint density at radius 3 is 1.84 bits per heavy atom. The molecule has 0 saturated heterocycles. The Hall–Kier alpha value is -5.10. The number of benzene rings is 4. The SMILES string of the molecule is COc1ccc(-c2c(Oc3ccccc3)[nH]c3c(-c4ccccc4)c(-c4ccccc4)nn3c2=O)cc1. The first-order valence-electron chi connectivity index (χ1n) is 11.9. The summed E-state index contributed by atoms with van der Waals surface area (Å²) in [6.45, 7) is 0. The van der Waals surface area contributed by atoms with Crippen LogP contribution in [-0.4, -0.2) is 21.7 Å². The lowest BCUT2D eigenvalue weighted by Crippen LogP contribution is -2.18. The van der Waals surface area contributed by atoms with E-state index in [0.29, 0.717) is 39.8 Å². The molecule has 37 heavy (non-hydrogen) atoms. The number of aromatic amines is 1. The molecule has 6 nitrogen and oxygen atoms in total. The molecule has 1 N–H and O–H groups in total. The van der Waals surface area contributed by atoms with Crippen LogP contribution in [0.2, 0.25) is 0 Å². The molecule has 0 saturated carbocycles. The van der Waals surface area contributed by atoms with Crippen LogP contribution in [0.3, 0.4) is 0 Å². The van der Waals surface area contributed by atoms with Gasteiger partial charge in [-0.3, -0.25) is 4.79 Å². The molecule has 0 atom stereocenters. The van der Waals surface area contributed by atoms with E-state index in [-0.39, 0.29) is 5.56 Å². The maximum atomic E-state index is 14.1. The molecule has 0 radical (unpaired) electrons. The van der Waals surface area contributed by atoms with Crippen molar-refractivity contribution in [2.75, 3.05) is 7.11 Å². The van der Waals surface area contributed by atoms with Crippen molar-refractivity contribution in [2.24, 2.45) is 0 Å². The number of hydrogen-bond donors (Lipinski definition) is 1. The second-order valence-corrected chi connectivity index (χ2v) is 8.49. The second kappa shape index (κ2) is 9.51. The number of ether oxygens (including phenoxy) is 2. The lowest BCUT2D eigenvalue weighted by molar-refractivity contribution is 0.415. The maximum Gasteiger partial charge on any atom is 0.286 e. The van der Waals surface area contributed by atoms with E-state index in [1.54, 1.807) is 7.11 Å². The van der Waals surface area contributed by atoms with Gasteiger partial charge in [-0.1, -0.05) is 91.0 Å². The van der Waals surface area contributed by atoms with Crippen molar-refractivity contribution in [1.82, 2.24) is 14.6 Å². The van der Waals surface area contributed by atoms with Crippen molar-refractivity contribution in [1.29, 1.82) is 0 Å². The summed E-state index contributed by atoms with van der Waals surface area (Å²) in [6.07, 6.45) is 0. The molecule has 0 fully saturated rings. The number of methoxy groups -OCH3 is 1. The Balaban J connectivity index is 1.67. The van der Waals surface area contributed by atoms with Crippen LogP contribution in [0.1, 0.15) is 0 Å². The molecule has 6 aromatic rings. The van der Waals surface area contributed by atoms with Crippen molar-refractivity contribution >= 4 is 5.65 Å². The van der Waals surface area contributed by atoms with Gasteiger partial charge in [0.15, 0.2) is 0 Å². The first kappa shape index (κ1) is 22.4. The number of nitrogens with zero attached hydrogens (tertiary/aromatic N) is 2. The van der Waals surface area contributed by atoms with Crippen LogP contribution in [0.25, 0.3) is 39.2 Å². The maximum absolute atomic E-state index is 14.1. The molecule has 6 heteroatoms. The molecule has 4 aromatic carbocycles. The van der Waals surface area contributed by atoms with E-state index >= 15 is 0 Å². The lowest BCUT2D eigenvalue weighted by atomic mass is 10.0. The fourth-order valence-corrected chi connectivity index (χ4v) is 4.43. The molecule has 0 aliphatic heterocycles. The average molecular weight is 486 g/mol. The number of hydrogen-bond acceptors (Lipinski definition) is 4. The van der Waals surface area contributed by atoms with Gasteiger partial charge in [0.25, 0.3) is 5.56 Å². The van der Waals surface area contributed by atoms with E-state index in [9.17, 15) is 4.79 Å². The topological polar surface area (TPSA) is 68.6 Å². The number of para-hydroxylation sites is 1. The van der Waals surface area contributed by atoms with Gasteiger partial charge in [-0.15, -0.1) is 0 Å². The van der Waals surface area contributed by atoms with Gasteiger partial charge >= 0.3 is 0 Å². The van der Waals surface area contributed by atoms with Gasteiger partial charge < -0.3 is 14.5 Å². The predicted octanol–water partition coefficient (Wildman–Crippen LogP) is 6.82. The van der Waals surface area contributed by atoms with E-state index < -0.39 is 0 Å². The normalized spacial score (nSPS) is 10.9. The van der Waals surface area contributed by atoms with Gasteiger partial charge in [0.05, 0.1) is 12.7 Å². The minimum absolute atomic E-state index is 0.288. The summed E-state index contributed by atoms with van der Waals surface area (Å²) in [4.78, 5) is 17.5. The highest BCUT2D eigenvalue weighted by Gasteiger charge is 2.23. The first-order chi connectivity index (χ1) is 18.2. The Morgan fingerprint density at radius 2 is 1.22 bits per heavy atom. The van der Waals surface area contributed by atoms with E-state index in [4.69, 9.17) is 14.6 Å². The monoisotopic (exact) mass is 485 g/mol. The van der Waals surface area contributed by atoms with Gasteiger partial charge in [-0.05, 0) is 35.4 Å². The van der Waals surface area contributed by atoms with E-state index in [2.05, 4.69) is 4.98 Å². The van der Waals surface area contributed by atoms with Crippen LogP contribution in [0.5, 0.6) is 17.4 Å². The zero-order valence-corrected chi connectivity index (χ0v) is 20.1. The number of aromatic nitrogens is 3. The molecule has 0 spiro atoms. The molecule has 0 unspecified atom stereocenters. The van der Waals surface area contributed by atoms with Gasteiger partial charge in [-0.2, -0.15) is 9.61 Å². The number of nitrogens with one attached hydrogen (secondary N) is 1. The first-order valence-corrected chi connectivity index (χ1v) is 11.9. The molecule has 0 bridgehead atoms. The van der Waals surface area contributed by atoms with Gasteiger partial charge in [0, 0.05) is 5.56 Å². The highest BCUT2D eigenvalue weighted by Crippen LogP contribution is 2.37. The zero-order valence-electron chi connectivity index (χ0n) is 20.1. The van der Waals surface area contributed by atoms with Gasteiger partial charge in [-0.25, -0.2) is 0 Å². The molecule has 180 valence electrons. The Morgan fingerprint density at radius 1 is 0.649 bits per heavy atom. The zero-order chi connectivity index (χ0) is 25.2. The Bertz CT molecular complexity index is 1720. The smallest absolute Gasteiger partial charge is 0.286 e. The third-order valence-corrected chi connectivity index (χ3v) is 6.20. The fourth-order valence-electron chi connectivity index (χ4n) is 4.43. The highest BCUT2D eigenvalue weighted by molar-refractivity contribution is 5.91. The Kier molecular flexibility index (Phi) is 5.75. The summed E-state index contributed by atoms with van der Waals surface area (Å²) in [6, 6.07) is 36.5. The quantitative estimate of drug-likeness (QED) is 0.281. The lowest BCUT2D eigenvalue weighted by Gasteiger charge is -2.13. The van der Waals surface area contributed by atoms with Crippen molar-refractivity contribution in [3.05, 3.63) is 126 Å². The molecule has 0 amide bonds. The molecule has 0 aliphatic carbocycles. The third-order valence-electron chi connectivity index (χ3n) is 6.20. The van der Waals surface area contributed by atoms with Crippen LogP contribution in [0.4, 0.5) is 0 Å². The van der Waals surface area contributed by atoms with Crippen LogP contribution in [0.15, 0.2) is 120 Å². The number of rotatable bonds is 6. The molecular weight excluding hydrogens is 462 g/mol. The van der Waals surface area contributed by atoms with Crippen molar-refractivity contribution < 1.29 is 9.47 Å². The van der Waals surface area contributed by atoms with Gasteiger partial charge in [0.1, 0.15) is 28.4 Å². The summed E-state index contributed by atoms with van der Waals surface area (Å²) >= 11 is 0. The van der Waals surface area contributed by atoms with E-state index in [1.807, 2.05) is 115 Å². The van der Waals surface area contributed by atoms with Crippen LogP contribution in [-0.2, 0) is 0 Å². The van der Waals surface area contributed by atoms with Crippen LogP contribution in [0, 0.1) is 0 Å². The molecule has 2 aromatic heterocycles. The summed E-state index contributed by atoms with van der Waals surface area (Å²) in [5.74, 6) is 1.65. The van der Waals surface area contributed by atoms with Crippen molar-refractivity contribution in [3.8, 4) is 50.9 Å². The number of H-pyrrole nitrogens is 1. The minimum Gasteiger partial charge on any atom is -0.497 e. The summed E-state index contributed by atoms with van der Waals surface area (Å²) in [5.41, 5.74) is 4.71. The van der Waals surface area contributed by atoms with Crippen molar-refractivity contribution in [3.63, 3.8) is 0 Å². The molecule has 6 rings (SSSR count). The highest BCUT2D eigenvalue weighted by atomic mass is 16.5. The van der Waals surface area contributed by atoms with E-state index in [0.717, 1.165) is 16.7 Å². The van der Waals surface area contributed by atoms with Crippen LogP contribution >= 0.6 is 0 Å². The second-order valence-electron chi connectivity index (χ2n) is 8.49. The average Bonchev–Trinajstić information content (AvgIpc) is 3.35. The molecular formula is C31H23N3O3. The summed E-state index contributed by atoms with van der Waals surface area (Å²) < 4.78 is 13.0. The predicted molar refractivity (Wildman–Crippen MR) is 145 cm³/mol. The van der Waals surface area contributed by atoms with E-state index in [1.165, 1.54) is 4.52 Å². The standard InChI is InChI=1S/C31H23N3O3/c1-36-24-19-17-22(18-20-24)27-30(37-25-15-9-4-10-16-25)32-29-26(21-11-5-2-6-12-21)28(33-34(29)31(27)35)23-13-7-3-8-14-23/h2-20,32H,1H3. The third kappa shape index (κ3) is 4.15. The Labute approximate surface area is 213 Å². The van der Waals surface area contributed by atoms with Crippen molar-refractivity contribution in [2.45, 2.75) is 0 Å².